The number of halogens is 1. The first kappa shape index (κ1) is 10.9. The Balaban J connectivity index is 2.28. The van der Waals surface area contributed by atoms with Crippen LogP contribution in [0.3, 0.4) is 0 Å². The summed E-state index contributed by atoms with van der Waals surface area (Å²) in [5.41, 5.74) is 2.33. The molecule has 1 aliphatic rings. The van der Waals surface area contributed by atoms with Crippen LogP contribution in [0.15, 0.2) is 18.2 Å². The van der Waals surface area contributed by atoms with Gasteiger partial charge in [0.15, 0.2) is 0 Å². The Bertz CT molecular complexity index is 353. The molecule has 0 spiro atoms. The monoisotopic (exact) mass is 225 g/mol. The van der Waals surface area contributed by atoms with Crippen molar-refractivity contribution < 1.29 is 5.11 Å². The maximum Gasteiger partial charge on any atom is 0.0477 e. The summed E-state index contributed by atoms with van der Waals surface area (Å²) in [4.78, 5) is 0. The lowest BCUT2D eigenvalue weighted by Crippen LogP contribution is -2.15. The van der Waals surface area contributed by atoms with Gasteiger partial charge in [-0.3, -0.25) is 0 Å². The van der Waals surface area contributed by atoms with E-state index in [9.17, 15) is 5.11 Å². The van der Waals surface area contributed by atoms with Crippen molar-refractivity contribution in [3.8, 4) is 0 Å². The summed E-state index contributed by atoms with van der Waals surface area (Å²) in [5.74, 6) is 0.647. The number of hydrogen-bond acceptors (Lipinski definition) is 2. The highest BCUT2D eigenvalue weighted by molar-refractivity contribution is 6.31. The average molecular weight is 226 g/mol. The van der Waals surface area contributed by atoms with E-state index in [0.717, 1.165) is 23.7 Å². The first-order valence-corrected chi connectivity index (χ1v) is 5.68. The van der Waals surface area contributed by atoms with Crippen LogP contribution in [0.25, 0.3) is 0 Å². The maximum atomic E-state index is 9.26. The van der Waals surface area contributed by atoms with Crippen LogP contribution in [-0.2, 0) is 0 Å². The van der Waals surface area contributed by atoms with Gasteiger partial charge in [-0.25, -0.2) is 0 Å². The van der Waals surface area contributed by atoms with Crippen molar-refractivity contribution in [1.82, 2.24) is 5.32 Å². The third-order valence-corrected chi connectivity index (χ3v) is 3.46. The van der Waals surface area contributed by atoms with Crippen LogP contribution in [0.5, 0.6) is 0 Å². The molecule has 15 heavy (non-hydrogen) atoms. The summed E-state index contributed by atoms with van der Waals surface area (Å²) in [6.45, 7) is 4.05. The van der Waals surface area contributed by atoms with Gasteiger partial charge in [0.1, 0.15) is 0 Å². The van der Waals surface area contributed by atoms with E-state index in [2.05, 4.69) is 17.4 Å². The first-order valence-electron chi connectivity index (χ1n) is 5.30. The molecule has 1 fully saturated rings. The highest BCUT2D eigenvalue weighted by Crippen LogP contribution is 2.33. The van der Waals surface area contributed by atoms with Crippen molar-refractivity contribution in [1.29, 1.82) is 0 Å². The summed E-state index contributed by atoms with van der Waals surface area (Å²) >= 11 is 6.22. The smallest absolute Gasteiger partial charge is 0.0477 e. The van der Waals surface area contributed by atoms with Gasteiger partial charge in [0, 0.05) is 36.6 Å². The lowest BCUT2D eigenvalue weighted by atomic mass is 9.89. The second-order valence-electron chi connectivity index (χ2n) is 4.23. The zero-order valence-corrected chi connectivity index (χ0v) is 9.59. The van der Waals surface area contributed by atoms with E-state index in [0.29, 0.717) is 11.8 Å². The molecule has 82 valence electrons. The summed E-state index contributed by atoms with van der Waals surface area (Å²) in [7, 11) is 0. The minimum absolute atomic E-state index is 0.224. The van der Waals surface area contributed by atoms with Gasteiger partial charge in [-0.1, -0.05) is 23.7 Å². The van der Waals surface area contributed by atoms with Crippen molar-refractivity contribution in [2.24, 2.45) is 5.92 Å². The molecule has 1 saturated heterocycles. The molecule has 1 heterocycles. The third kappa shape index (κ3) is 2.17. The fraction of sp³-hybridized carbons (Fsp3) is 0.500. The Morgan fingerprint density at radius 2 is 2.27 bits per heavy atom. The molecule has 3 heteroatoms. The molecule has 0 aromatic heterocycles. The van der Waals surface area contributed by atoms with Gasteiger partial charge < -0.3 is 10.4 Å². The Labute approximate surface area is 95.3 Å². The molecule has 0 radical (unpaired) electrons. The third-order valence-electron chi connectivity index (χ3n) is 3.13. The fourth-order valence-corrected chi connectivity index (χ4v) is 2.60. The predicted molar refractivity (Wildman–Crippen MR) is 62.4 cm³/mol. The fourth-order valence-electron chi connectivity index (χ4n) is 2.22. The molecule has 0 bridgehead atoms. The highest BCUT2D eigenvalue weighted by atomic mass is 35.5. The van der Waals surface area contributed by atoms with E-state index in [1.807, 2.05) is 13.0 Å². The number of aryl methyl sites for hydroxylation is 1. The van der Waals surface area contributed by atoms with Crippen molar-refractivity contribution in [3.05, 3.63) is 34.3 Å². The number of benzene rings is 1. The lowest BCUT2D eigenvalue weighted by molar-refractivity contribution is 0.226. The SMILES string of the molecule is Cc1ccc([C@H]2CNC[C@@H]2CO)c(Cl)c1. The molecule has 2 N–H and O–H groups in total. The van der Waals surface area contributed by atoms with Crippen LogP contribution in [0.1, 0.15) is 17.0 Å². The van der Waals surface area contributed by atoms with Crippen LogP contribution in [0, 0.1) is 12.8 Å². The van der Waals surface area contributed by atoms with Crippen molar-refractivity contribution in [2.75, 3.05) is 19.7 Å². The number of aliphatic hydroxyl groups is 1. The van der Waals surface area contributed by atoms with Crippen LogP contribution in [-0.4, -0.2) is 24.8 Å². The molecule has 2 atom stereocenters. The Morgan fingerprint density at radius 1 is 1.47 bits per heavy atom. The van der Waals surface area contributed by atoms with Crippen LogP contribution in [0.2, 0.25) is 5.02 Å². The Hall–Kier alpha value is -0.570. The lowest BCUT2D eigenvalue weighted by Gasteiger charge is -2.18. The summed E-state index contributed by atoms with van der Waals surface area (Å²) in [5, 5.41) is 13.4. The summed E-state index contributed by atoms with van der Waals surface area (Å²) < 4.78 is 0. The number of aliphatic hydroxyl groups excluding tert-OH is 1. The van der Waals surface area contributed by atoms with E-state index < -0.39 is 0 Å². The molecular formula is C12H16ClNO. The van der Waals surface area contributed by atoms with Crippen molar-refractivity contribution in [3.63, 3.8) is 0 Å². The quantitative estimate of drug-likeness (QED) is 0.807. The number of rotatable bonds is 2. The van der Waals surface area contributed by atoms with Crippen LogP contribution < -0.4 is 5.32 Å². The molecule has 1 aromatic rings. The number of hydrogen-bond donors (Lipinski definition) is 2. The van der Waals surface area contributed by atoms with E-state index >= 15 is 0 Å². The van der Waals surface area contributed by atoms with Crippen LogP contribution >= 0.6 is 11.6 Å². The van der Waals surface area contributed by atoms with Gasteiger partial charge in [0.25, 0.3) is 0 Å². The van der Waals surface area contributed by atoms with E-state index in [-0.39, 0.29) is 6.61 Å². The molecule has 0 amide bonds. The van der Waals surface area contributed by atoms with Crippen molar-refractivity contribution in [2.45, 2.75) is 12.8 Å². The second kappa shape index (κ2) is 4.52. The molecule has 0 unspecified atom stereocenters. The molecule has 0 aliphatic carbocycles. The summed E-state index contributed by atoms with van der Waals surface area (Å²) in [6.07, 6.45) is 0. The van der Waals surface area contributed by atoms with Gasteiger partial charge in [0.05, 0.1) is 0 Å². The first-order chi connectivity index (χ1) is 7.22. The van der Waals surface area contributed by atoms with Crippen molar-refractivity contribution >= 4 is 11.6 Å². The standard InChI is InChI=1S/C12H16ClNO/c1-8-2-3-10(12(13)4-8)11-6-14-5-9(11)7-15/h2-4,9,11,14-15H,5-7H2,1H3/t9-,11+/m1/s1. The molecular weight excluding hydrogens is 210 g/mol. The van der Waals surface area contributed by atoms with Gasteiger partial charge >= 0.3 is 0 Å². The topological polar surface area (TPSA) is 32.3 Å². The minimum Gasteiger partial charge on any atom is -0.396 e. The maximum absolute atomic E-state index is 9.26. The molecule has 0 saturated carbocycles. The normalized spacial score (nSPS) is 25.8. The van der Waals surface area contributed by atoms with Gasteiger partial charge in [-0.05, 0) is 24.1 Å². The van der Waals surface area contributed by atoms with Crippen LogP contribution in [0.4, 0.5) is 0 Å². The van der Waals surface area contributed by atoms with Gasteiger partial charge in [0.2, 0.25) is 0 Å². The molecule has 1 aromatic carbocycles. The summed E-state index contributed by atoms with van der Waals surface area (Å²) in [6, 6.07) is 6.15. The van der Waals surface area contributed by atoms with Gasteiger partial charge in [-0.15, -0.1) is 0 Å². The zero-order chi connectivity index (χ0) is 10.8. The Kier molecular flexibility index (Phi) is 3.29. The molecule has 2 rings (SSSR count). The largest absolute Gasteiger partial charge is 0.396 e. The predicted octanol–water partition coefficient (Wildman–Crippen LogP) is 1.94. The van der Waals surface area contributed by atoms with E-state index in [1.165, 1.54) is 5.56 Å². The molecule has 2 nitrogen and oxygen atoms in total. The average Bonchev–Trinajstić information content (AvgIpc) is 2.65. The van der Waals surface area contributed by atoms with E-state index in [4.69, 9.17) is 11.6 Å². The number of nitrogens with one attached hydrogen (secondary N) is 1. The highest BCUT2D eigenvalue weighted by Gasteiger charge is 2.28. The van der Waals surface area contributed by atoms with Gasteiger partial charge in [-0.2, -0.15) is 0 Å². The zero-order valence-electron chi connectivity index (χ0n) is 8.83. The minimum atomic E-state index is 0.224. The molecule has 1 aliphatic heterocycles. The Morgan fingerprint density at radius 3 is 2.93 bits per heavy atom. The van der Waals surface area contributed by atoms with E-state index in [1.54, 1.807) is 0 Å². The second-order valence-corrected chi connectivity index (χ2v) is 4.64.